The summed E-state index contributed by atoms with van der Waals surface area (Å²) in [6.45, 7) is 11.0. The molecule has 0 radical (unpaired) electrons. The molecular formula is C37H52N2O. The number of piperidine rings is 1. The van der Waals surface area contributed by atoms with Crippen LogP contribution >= 0.6 is 0 Å². The average Bonchev–Trinajstić information content (AvgIpc) is 2.99. The fraction of sp³-hybridized carbons (Fsp3) is 0.595. The van der Waals surface area contributed by atoms with E-state index in [1.54, 1.807) is 0 Å². The minimum Gasteiger partial charge on any atom is -0.335 e. The van der Waals surface area contributed by atoms with Crippen molar-refractivity contribution < 1.29 is 4.79 Å². The third kappa shape index (κ3) is 9.52. The van der Waals surface area contributed by atoms with E-state index in [-0.39, 0.29) is 5.92 Å². The van der Waals surface area contributed by atoms with Crippen molar-refractivity contribution in [2.45, 2.75) is 104 Å². The van der Waals surface area contributed by atoms with Crippen molar-refractivity contribution in [2.75, 3.05) is 19.6 Å². The van der Waals surface area contributed by atoms with Gasteiger partial charge in [0.1, 0.15) is 0 Å². The molecule has 0 atom stereocenters. The molecule has 2 fully saturated rings. The highest BCUT2D eigenvalue weighted by molar-refractivity contribution is 5.79. The lowest BCUT2D eigenvalue weighted by Gasteiger charge is -2.41. The Kier molecular flexibility index (Phi) is 12.2. The summed E-state index contributed by atoms with van der Waals surface area (Å²) in [4.78, 5) is 19.0. The van der Waals surface area contributed by atoms with Crippen molar-refractivity contribution in [3.8, 4) is 11.8 Å². The summed E-state index contributed by atoms with van der Waals surface area (Å²) >= 11 is 0. The van der Waals surface area contributed by atoms with Crippen LogP contribution in [0, 0.1) is 29.6 Å². The number of hydrogen-bond donors (Lipinski definition) is 0. The number of hydrogen-bond acceptors (Lipinski definition) is 2. The lowest BCUT2D eigenvalue weighted by Crippen LogP contribution is -2.49. The minimum absolute atomic E-state index is 0.197. The highest BCUT2D eigenvalue weighted by Gasteiger charge is 2.34. The molecule has 0 N–H and O–H groups in total. The summed E-state index contributed by atoms with van der Waals surface area (Å²) in [5.74, 6) is 8.81. The largest absolute Gasteiger partial charge is 0.335 e. The lowest BCUT2D eigenvalue weighted by atomic mass is 9.79. The predicted octanol–water partition coefficient (Wildman–Crippen LogP) is 8.31. The summed E-state index contributed by atoms with van der Waals surface area (Å²) in [6, 6.07) is 19.0. The van der Waals surface area contributed by atoms with Gasteiger partial charge in [0.05, 0.1) is 0 Å². The molecule has 1 aliphatic carbocycles. The molecule has 0 bridgehead atoms. The smallest absolute Gasteiger partial charge is 0.226 e. The van der Waals surface area contributed by atoms with Crippen molar-refractivity contribution in [1.82, 2.24) is 9.80 Å². The molecule has 216 valence electrons. The number of benzene rings is 2. The molecule has 1 amide bonds. The third-order valence-corrected chi connectivity index (χ3v) is 9.12. The number of rotatable bonds is 11. The van der Waals surface area contributed by atoms with E-state index >= 15 is 0 Å². The highest BCUT2D eigenvalue weighted by atomic mass is 16.2. The van der Waals surface area contributed by atoms with Crippen LogP contribution in [-0.4, -0.2) is 41.4 Å². The van der Waals surface area contributed by atoms with E-state index in [2.05, 4.69) is 66.7 Å². The van der Waals surface area contributed by atoms with E-state index in [0.717, 1.165) is 61.7 Å². The maximum absolute atomic E-state index is 14.1. The molecule has 40 heavy (non-hydrogen) atoms. The molecule has 1 aliphatic heterocycles. The number of amides is 1. The van der Waals surface area contributed by atoms with E-state index in [1.807, 2.05) is 30.3 Å². The number of unbranched alkanes of at least 4 members (excludes halogenated alkanes) is 2. The average molecular weight is 541 g/mol. The van der Waals surface area contributed by atoms with Crippen molar-refractivity contribution in [3.05, 3.63) is 71.3 Å². The van der Waals surface area contributed by atoms with Gasteiger partial charge in [0.25, 0.3) is 0 Å². The first kappa shape index (κ1) is 30.4. The van der Waals surface area contributed by atoms with Crippen molar-refractivity contribution in [3.63, 3.8) is 0 Å². The Morgan fingerprint density at radius 3 is 2.30 bits per heavy atom. The van der Waals surface area contributed by atoms with Gasteiger partial charge in [0.2, 0.25) is 5.91 Å². The minimum atomic E-state index is 0.197. The first-order valence-electron chi connectivity index (χ1n) is 16.2. The third-order valence-electron chi connectivity index (χ3n) is 9.12. The molecule has 0 unspecified atom stereocenters. The van der Waals surface area contributed by atoms with Gasteiger partial charge in [-0.25, -0.2) is 0 Å². The summed E-state index contributed by atoms with van der Waals surface area (Å²) in [6.07, 6.45) is 13.4. The van der Waals surface area contributed by atoms with Gasteiger partial charge in [-0.15, -0.1) is 0 Å². The molecule has 1 saturated carbocycles. The first-order chi connectivity index (χ1) is 19.5. The Morgan fingerprint density at radius 2 is 1.60 bits per heavy atom. The molecule has 3 nitrogen and oxygen atoms in total. The van der Waals surface area contributed by atoms with Crippen LogP contribution in [0.4, 0.5) is 0 Å². The summed E-state index contributed by atoms with van der Waals surface area (Å²) in [5.41, 5.74) is 3.24. The van der Waals surface area contributed by atoms with Crippen LogP contribution in [0.15, 0.2) is 54.6 Å². The van der Waals surface area contributed by atoms with Crippen LogP contribution in [0.3, 0.4) is 0 Å². The van der Waals surface area contributed by atoms with Gasteiger partial charge >= 0.3 is 0 Å². The summed E-state index contributed by atoms with van der Waals surface area (Å²) in [5, 5.41) is 0. The van der Waals surface area contributed by atoms with Crippen LogP contribution in [0.25, 0.3) is 0 Å². The second kappa shape index (κ2) is 16.0. The van der Waals surface area contributed by atoms with Crippen LogP contribution in [0.5, 0.6) is 0 Å². The zero-order valence-corrected chi connectivity index (χ0v) is 25.4. The first-order valence-corrected chi connectivity index (χ1v) is 16.2. The monoisotopic (exact) mass is 540 g/mol. The second-order valence-electron chi connectivity index (χ2n) is 12.8. The molecule has 0 aromatic heterocycles. The Labute approximate surface area is 244 Å². The van der Waals surface area contributed by atoms with Crippen LogP contribution in [0.1, 0.15) is 108 Å². The zero-order chi connectivity index (χ0) is 28.2. The molecule has 3 heteroatoms. The van der Waals surface area contributed by atoms with Gasteiger partial charge in [-0.1, -0.05) is 88.6 Å². The summed E-state index contributed by atoms with van der Waals surface area (Å²) < 4.78 is 0. The Balaban J connectivity index is 1.44. The Bertz CT molecular complexity index is 1080. The molecule has 1 saturated heterocycles. The lowest BCUT2D eigenvalue weighted by molar-refractivity contribution is -0.141. The molecule has 2 aliphatic rings. The Hall–Kier alpha value is -2.57. The number of nitrogens with zero attached hydrogens (tertiary/aromatic N) is 2. The zero-order valence-electron chi connectivity index (χ0n) is 25.4. The molecule has 2 aromatic rings. The fourth-order valence-electron chi connectivity index (χ4n) is 6.51. The van der Waals surface area contributed by atoms with Crippen molar-refractivity contribution in [2.24, 2.45) is 17.8 Å². The van der Waals surface area contributed by atoms with Crippen LogP contribution < -0.4 is 0 Å². The highest BCUT2D eigenvalue weighted by Crippen LogP contribution is 2.34. The topological polar surface area (TPSA) is 23.6 Å². The van der Waals surface area contributed by atoms with E-state index in [4.69, 9.17) is 0 Å². The van der Waals surface area contributed by atoms with E-state index in [0.29, 0.717) is 18.5 Å². The van der Waals surface area contributed by atoms with Gasteiger partial charge in [-0.3, -0.25) is 4.79 Å². The van der Waals surface area contributed by atoms with E-state index < -0.39 is 0 Å². The number of carbonyl (C=O) groups excluding carboxylic acids is 1. The molecule has 4 rings (SSSR count). The van der Waals surface area contributed by atoms with E-state index in [9.17, 15) is 4.79 Å². The molecule has 0 spiro atoms. The quantitative estimate of drug-likeness (QED) is 0.211. The predicted molar refractivity (Wildman–Crippen MR) is 168 cm³/mol. The van der Waals surface area contributed by atoms with Gasteiger partial charge < -0.3 is 9.80 Å². The number of carbonyl (C=O) groups is 1. The van der Waals surface area contributed by atoms with Gasteiger partial charge in [0, 0.05) is 42.7 Å². The van der Waals surface area contributed by atoms with Crippen molar-refractivity contribution >= 4 is 5.91 Å². The molecular weight excluding hydrogens is 488 g/mol. The Morgan fingerprint density at radius 1 is 0.900 bits per heavy atom. The second-order valence-corrected chi connectivity index (χ2v) is 12.8. The van der Waals surface area contributed by atoms with Gasteiger partial charge in [0.15, 0.2) is 0 Å². The maximum Gasteiger partial charge on any atom is 0.226 e. The number of likely N-dealkylation sites (tertiary alicyclic amines) is 1. The molecule has 2 aromatic carbocycles. The fourth-order valence-corrected chi connectivity index (χ4v) is 6.51. The maximum atomic E-state index is 14.1. The van der Waals surface area contributed by atoms with Crippen molar-refractivity contribution in [1.29, 1.82) is 0 Å². The van der Waals surface area contributed by atoms with Crippen LogP contribution in [-0.2, 0) is 11.3 Å². The normalized spacial score (nSPS) is 20.2. The van der Waals surface area contributed by atoms with Gasteiger partial charge in [-0.2, -0.15) is 0 Å². The summed E-state index contributed by atoms with van der Waals surface area (Å²) in [7, 11) is 0. The SMILES string of the molecule is CCCCCC1CCC(C(=O)N(Cc2cccc(C#Cc3ccccc3)c2)C2CCN(CCC(C)C)CC2)CC1. The van der Waals surface area contributed by atoms with E-state index in [1.165, 1.54) is 57.1 Å². The van der Waals surface area contributed by atoms with Gasteiger partial charge in [-0.05, 0) is 93.2 Å². The standard InChI is InChI=1S/C37H52N2O/c1-4-5-7-11-32-18-20-35(21-19-32)37(40)39(36-23-26-38(27-24-36)25-22-30(2)3)29-34-15-10-14-33(28-34)17-16-31-12-8-6-9-13-31/h6,8-10,12-15,28,30,32,35-36H,4-5,7,11,18-27,29H2,1-3H3. The van der Waals surface area contributed by atoms with Crippen LogP contribution in [0.2, 0.25) is 0 Å². The molecule has 1 heterocycles.